The van der Waals surface area contributed by atoms with Crippen molar-refractivity contribution in [3.63, 3.8) is 0 Å². The van der Waals surface area contributed by atoms with E-state index in [1.165, 1.54) is 54.6 Å². The minimum absolute atomic E-state index is 0.907. The molecule has 1 heterocycles. The van der Waals surface area contributed by atoms with Crippen LogP contribution >= 0.6 is 0 Å². The monoisotopic (exact) mass is 713 g/mol. The summed E-state index contributed by atoms with van der Waals surface area (Å²) in [5.41, 5.74) is 12.0. The Balaban J connectivity index is 1.03. The molecule has 11 aromatic rings. The third kappa shape index (κ3) is 5.34. The van der Waals surface area contributed by atoms with Crippen LogP contribution in [0.5, 0.6) is 0 Å². The number of rotatable bonds is 6. The summed E-state index contributed by atoms with van der Waals surface area (Å²) in [6.45, 7) is 0. The highest BCUT2D eigenvalue weighted by atomic mass is 16.3. The van der Waals surface area contributed by atoms with Crippen molar-refractivity contribution in [2.75, 3.05) is 4.90 Å². The van der Waals surface area contributed by atoms with Gasteiger partial charge in [0, 0.05) is 33.3 Å². The Kier molecular flexibility index (Phi) is 7.53. The zero-order valence-electron chi connectivity index (χ0n) is 30.6. The number of nitrogens with zero attached hydrogens (tertiary/aromatic N) is 1. The van der Waals surface area contributed by atoms with Crippen LogP contribution in [0.4, 0.5) is 17.1 Å². The van der Waals surface area contributed by atoms with E-state index < -0.39 is 0 Å². The van der Waals surface area contributed by atoms with E-state index in [1.54, 1.807) is 0 Å². The van der Waals surface area contributed by atoms with Gasteiger partial charge in [0.15, 0.2) is 0 Å². The molecule has 11 rings (SSSR count). The van der Waals surface area contributed by atoms with Crippen LogP contribution in [-0.4, -0.2) is 0 Å². The van der Waals surface area contributed by atoms with E-state index in [1.807, 2.05) is 12.1 Å². The van der Waals surface area contributed by atoms with Gasteiger partial charge in [-0.3, -0.25) is 0 Å². The maximum atomic E-state index is 6.42. The number of para-hydroxylation sites is 3. The summed E-state index contributed by atoms with van der Waals surface area (Å²) >= 11 is 0. The molecule has 0 fully saturated rings. The number of benzene rings is 10. The van der Waals surface area contributed by atoms with E-state index in [4.69, 9.17) is 4.42 Å². The number of hydrogen-bond donors (Lipinski definition) is 0. The maximum absolute atomic E-state index is 6.42. The average Bonchev–Trinajstić information content (AvgIpc) is 3.66. The van der Waals surface area contributed by atoms with Crippen LogP contribution in [-0.2, 0) is 0 Å². The second-order valence-electron chi connectivity index (χ2n) is 14.5. The average molecular weight is 714 g/mol. The van der Waals surface area contributed by atoms with Gasteiger partial charge < -0.3 is 9.32 Å². The van der Waals surface area contributed by atoms with E-state index in [-0.39, 0.29) is 0 Å². The molecule has 56 heavy (non-hydrogen) atoms. The molecule has 2 heteroatoms. The minimum Gasteiger partial charge on any atom is -0.455 e. The van der Waals surface area contributed by atoms with Crippen molar-refractivity contribution in [2.24, 2.45) is 0 Å². The lowest BCUT2D eigenvalue weighted by Gasteiger charge is -2.28. The summed E-state index contributed by atoms with van der Waals surface area (Å²) < 4.78 is 6.42. The summed E-state index contributed by atoms with van der Waals surface area (Å²) in [5.74, 6) is 0. The maximum Gasteiger partial charge on any atom is 0.143 e. The van der Waals surface area contributed by atoms with Crippen molar-refractivity contribution in [3.8, 4) is 33.4 Å². The van der Waals surface area contributed by atoms with E-state index in [0.717, 1.165) is 50.1 Å². The lowest BCUT2D eigenvalue weighted by atomic mass is 9.94. The Morgan fingerprint density at radius 3 is 1.68 bits per heavy atom. The Bertz CT molecular complexity index is 3230. The van der Waals surface area contributed by atoms with E-state index in [2.05, 4.69) is 205 Å². The molecule has 0 aliphatic heterocycles. The molecule has 0 aliphatic rings. The van der Waals surface area contributed by atoms with Crippen molar-refractivity contribution >= 4 is 71.3 Å². The quantitative estimate of drug-likeness (QED) is 0.160. The number of fused-ring (bicyclic) bond motifs is 8. The highest BCUT2D eigenvalue weighted by Gasteiger charge is 2.19. The van der Waals surface area contributed by atoms with Gasteiger partial charge in [-0.25, -0.2) is 0 Å². The fourth-order valence-electron chi connectivity index (χ4n) is 8.53. The fraction of sp³-hybridized carbons (Fsp3) is 0. The van der Waals surface area contributed by atoms with Gasteiger partial charge in [0.1, 0.15) is 11.2 Å². The lowest BCUT2D eigenvalue weighted by Crippen LogP contribution is -2.11. The largest absolute Gasteiger partial charge is 0.455 e. The first-order valence-electron chi connectivity index (χ1n) is 19.2. The molecular formula is C54H35NO. The molecule has 0 unspecified atom stereocenters. The van der Waals surface area contributed by atoms with Gasteiger partial charge in [0.25, 0.3) is 0 Å². The Morgan fingerprint density at radius 2 is 0.875 bits per heavy atom. The van der Waals surface area contributed by atoms with Gasteiger partial charge in [-0.1, -0.05) is 170 Å². The molecule has 10 aromatic carbocycles. The number of anilines is 3. The summed E-state index contributed by atoms with van der Waals surface area (Å²) in [6, 6.07) is 76.4. The van der Waals surface area contributed by atoms with Gasteiger partial charge in [-0.15, -0.1) is 0 Å². The van der Waals surface area contributed by atoms with Crippen LogP contribution in [0.15, 0.2) is 217 Å². The molecule has 0 saturated carbocycles. The fourth-order valence-corrected chi connectivity index (χ4v) is 8.53. The Morgan fingerprint density at radius 1 is 0.321 bits per heavy atom. The number of furan rings is 1. The predicted molar refractivity (Wildman–Crippen MR) is 237 cm³/mol. The highest BCUT2D eigenvalue weighted by Crippen LogP contribution is 2.43. The van der Waals surface area contributed by atoms with Crippen LogP contribution in [0, 0.1) is 0 Å². The smallest absolute Gasteiger partial charge is 0.143 e. The third-order valence-corrected chi connectivity index (χ3v) is 11.3. The molecule has 0 aliphatic carbocycles. The number of hydrogen-bond acceptors (Lipinski definition) is 2. The van der Waals surface area contributed by atoms with Crippen LogP contribution in [0.2, 0.25) is 0 Å². The standard InChI is InChI=1S/C54H35NO/c1-2-11-37(12-3-1)45-14-6-8-19-51(45)55(44-33-29-39(30-34-44)47-17-10-18-49-48-16-7-9-20-52(48)56-54(47)49)43-31-27-36(28-32-43)42-26-23-40-22-25-41-24-21-38-13-4-5-15-46(38)53(41)50(40)35-42/h1-35H. The first kappa shape index (κ1) is 32.0. The van der Waals surface area contributed by atoms with Crippen LogP contribution < -0.4 is 4.90 Å². The van der Waals surface area contributed by atoms with Crippen molar-refractivity contribution in [2.45, 2.75) is 0 Å². The van der Waals surface area contributed by atoms with Gasteiger partial charge in [-0.05, 0) is 97.0 Å². The van der Waals surface area contributed by atoms with E-state index in [0.29, 0.717) is 0 Å². The van der Waals surface area contributed by atoms with Crippen LogP contribution in [0.3, 0.4) is 0 Å². The van der Waals surface area contributed by atoms with Gasteiger partial charge in [-0.2, -0.15) is 0 Å². The molecule has 0 saturated heterocycles. The third-order valence-electron chi connectivity index (χ3n) is 11.3. The van der Waals surface area contributed by atoms with Gasteiger partial charge in [0.05, 0.1) is 5.69 Å². The Hall–Kier alpha value is -7.42. The van der Waals surface area contributed by atoms with E-state index >= 15 is 0 Å². The zero-order valence-corrected chi connectivity index (χ0v) is 30.6. The predicted octanol–water partition coefficient (Wildman–Crippen LogP) is 15.5. The summed E-state index contributed by atoms with van der Waals surface area (Å²) in [5, 5.41) is 9.91. The molecule has 0 radical (unpaired) electrons. The molecule has 0 amide bonds. The SMILES string of the molecule is c1ccc(-c2ccccc2N(c2ccc(-c3ccc4ccc5ccc6ccccc6c5c4c3)cc2)c2ccc(-c3cccc4c3oc3ccccc34)cc2)cc1. The second kappa shape index (κ2) is 13.2. The highest BCUT2D eigenvalue weighted by molar-refractivity contribution is 6.20. The summed E-state index contributed by atoms with van der Waals surface area (Å²) in [6.07, 6.45) is 0. The molecule has 0 N–H and O–H groups in total. The van der Waals surface area contributed by atoms with Gasteiger partial charge >= 0.3 is 0 Å². The van der Waals surface area contributed by atoms with Crippen molar-refractivity contribution in [3.05, 3.63) is 212 Å². The Labute approximate surface area is 325 Å². The van der Waals surface area contributed by atoms with E-state index in [9.17, 15) is 0 Å². The normalized spacial score (nSPS) is 11.6. The molecule has 262 valence electrons. The van der Waals surface area contributed by atoms with Crippen LogP contribution in [0.25, 0.3) is 87.6 Å². The molecule has 1 aromatic heterocycles. The van der Waals surface area contributed by atoms with Crippen molar-refractivity contribution in [1.82, 2.24) is 0 Å². The van der Waals surface area contributed by atoms with Crippen molar-refractivity contribution < 1.29 is 4.42 Å². The molecule has 0 spiro atoms. The molecule has 0 bridgehead atoms. The summed E-state index contributed by atoms with van der Waals surface area (Å²) in [7, 11) is 0. The first-order chi connectivity index (χ1) is 27.8. The summed E-state index contributed by atoms with van der Waals surface area (Å²) in [4.78, 5) is 2.37. The molecule has 2 nitrogen and oxygen atoms in total. The zero-order chi connectivity index (χ0) is 37.0. The first-order valence-corrected chi connectivity index (χ1v) is 19.2. The lowest BCUT2D eigenvalue weighted by molar-refractivity contribution is 0.670. The van der Waals surface area contributed by atoms with Crippen molar-refractivity contribution in [1.29, 1.82) is 0 Å². The molecular weight excluding hydrogens is 679 g/mol. The minimum atomic E-state index is 0.907. The topological polar surface area (TPSA) is 16.4 Å². The second-order valence-corrected chi connectivity index (χ2v) is 14.5. The van der Waals surface area contributed by atoms with Gasteiger partial charge in [0.2, 0.25) is 0 Å². The van der Waals surface area contributed by atoms with Crippen LogP contribution in [0.1, 0.15) is 0 Å². The molecule has 0 atom stereocenters.